The van der Waals surface area contributed by atoms with Gasteiger partial charge in [0.05, 0.1) is 5.69 Å². The number of rotatable bonds is 4. The number of para-hydroxylation sites is 1. The van der Waals surface area contributed by atoms with Crippen LogP contribution in [0.3, 0.4) is 0 Å². The second-order valence-electron chi connectivity index (χ2n) is 6.20. The van der Waals surface area contributed by atoms with Crippen molar-refractivity contribution < 1.29 is 4.79 Å². The molecule has 0 aliphatic heterocycles. The number of carbonyl (C=O) groups excluding carboxylic acids is 1. The lowest BCUT2D eigenvalue weighted by Gasteiger charge is -2.14. The van der Waals surface area contributed by atoms with Gasteiger partial charge < -0.3 is 10.6 Å². The van der Waals surface area contributed by atoms with E-state index >= 15 is 0 Å². The fourth-order valence-electron chi connectivity index (χ4n) is 2.87. The van der Waals surface area contributed by atoms with Gasteiger partial charge in [0.1, 0.15) is 0 Å². The van der Waals surface area contributed by atoms with Crippen molar-refractivity contribution in [2.24, 2.45) is 0 Å². The quantitative estimate of drug-likeness (QED) is 0.486. The molecule has 0 bridgehead atoms. The topological polar surface area (TPSA) is 41.1 Å². The number of hydrogen-bond acceptors (Lipinski definition) is 2. The van der Waals surface area contributed by atoms with Gasteiger partial charge in [-0.3, -0.25) is 4.79 Å². The maximum atomic E-state index is 12.8. The molecule has 0 radical (unpaired) electrons. The highest BCUT2D eigenvalue weighted by Gasteiger charge is 2.13. The first-order valence-electron chi connectivity index (χ1n) is 8.38. The molecule has 26 heavy (non-hydrogen) atoms. The van der Waals surface area contributed by atoms with Gasteiger partial charge in [0.15, 0.2) is 10.9 Å². The molecule has 0 heterocycles. The Bertz CT molecular complexity index is 931. The van der Waals surface area contributed by atoms with Gasteiger partial charge in [0.25, 0.3) is 0 Å². The highest BCUT2D eigenvalue weighted by molar-refractivity contribution is 7.80. The molecule has 0 aliphatic carbocycles. The third-order valence-corrected chi connectivity index (χ3v) is 4.14. The van der Waals surface area contributed by atoms with Crippen LogP contribution >= 0.6 is 12.2 Å². The summed E-state index contributed by atoms with van der Waals surface area (Å²) in [6.45, 7) is 4.09. The van der Waals surface area contributed by atoms with Crippen molar-refractivity contribution in [2.75, 3.05) is 10.6 Å². The van der Waals surface area contributed by atoms with Gasteiger partial charge >= 0.3 is 0 Å². The Hall–Kier alpha value is -2.98. The molecule has 2 N–H and O–H groups in total. The Labute approximate surface area is 159 Å². The lowest BCUT2D eigenvalue weighted by atomic mass is 10.0. The minimum Gasteiger partial charge on any atom is -0.332 e. The van der Waals surface area contributed by atoms with Crippen LogP contribution in [0, 0.1) is 13.8 Å². The van der Waals surface area contributed by atoms with Gasteiger partial charge in [-0.1, -0.05) is 48.5 Å². The van der Waals surface area contributed by atoms with Gasteiger partial charge in [0, 0.05) is 16.8 Å². The third kappa shape index (κ3) is 4.35. The molecule has 0 atom stereocenters. The average Bonchev–Trinajstić information content (AvgIpc) is 2.61. The number of nitrogens with one attached hydrogen (secondary N) is 2. The highest BCUT2D eigenvalue weighted by atomic mass is 32.1. The van der Waals surface area contributed by atoms with Crippen LogP contribution in [0.5, 0.6) is 0 Å². The van der Waals surface area contributed by atoms with Crippen molar-refractivity contribution in [3.8, 4) is 0 Å². The number of thiocarbonyl (C=S) groups is 1. The van der Waals surface area contributed by atoms with Crippen LogP contribution in [0.1, 0.15) is 27.0 Å². The molecular formula is C22H20N2OS. The van der Waals surface area contributed by atoms with Crippen LogP contribution in [-0.2, 0) is 0 Å². The van der Waals surface area contributed by atoms with Gasteiger partial charge in [0.2, 0.25) is 0 Å². The van der Waals surface area contributed by atoms with Crippen molar-refractivity contribution >= 4 is 34.5 Å². The summed E-state index contributed by atoms with van der Waals surface area (Å²) in [5, 5.41) is 6.78. The lowest BCUT2D eigenvalue weighted by Crippen LogP contribution is -2.21. The van der Waals surface area contributed by atoms with Crippen LogP contribution in [-0.4, -0.2) is 10.9 Å². The molecule has 0 aliphatic rings. The first kappa shape index (κ1) is 17.8. The molecule has 3 aromatic rings. The molecule has 3 aromatic carbocycles. The van der Waals surface area contributed by atoms with Crippen molar-refractivity contribution in [1.29, 1.82) is 0 Å². The van der Waals surface area contributed by atoms with Crippen molar-refractivity contribution in [2.45, 2.75) is 13.8 Å². The Kier molecular flexibility index (Phi) is 5.44. The zero-order valence-corrected chi connectivity index (χ0v) is 15.6. The molecule has 3 rings (SSSR count). The van der Waals surface area contributed by atoms with Crippen LogP contribution < -0.4 is 10.6 Å². The summed E-state index contributed by atoms with van der Waals surface area (Å²) >= 11 is 5.43. The molecule has 0 spiro atoms. The minimum atomic E-state index is -0.0390. The first-order chi connectivity index (χ1) is 12.5. The number of hydrogen-bond donors (Lipinski definition) is 2. The Morgan fingerprint density at radius 3 is 2.12 bits per heavy atom. The fourth-order valence-corrected chi connectivity index (χ4v) is 3.09. The van der Waals surface area contributed by atoms with E-state index in [1.807, 2.05) is 74.5 Å². The van der Waals surface area contributed by atoms with Gasteiger partial charge in [-0.2, -0.15) is 0 Å². The number of anilines is 2. The molecule has 0 saturated heterocycles. The maximum Gasteiger partial charge on any atom is 0.195 e. The van der Waals surface area contributed by atoms with Gasteiger partial charge in [-0.15, -0.1) is 0 Å². The van der Waals surface area contributed by atoms with Gasteiger partial charge in [-0.25, -0.2) is 0 Å². The number of carbonyl (C=O) groups is 1. The van der Waals surface area contributed by atoms with E-state index in [9.17, 15) is 4.79 Å². The Balaban J connectivity index is 1.80. The van der Waals surface area contributed by atoms with E-state index in [4.69, 9.17) is 12.2 Å². The second-order valence-corrected chi connectivity index (χ2v) is 6.60. The summed E-state index contributed by atoms with van der Waals surface area (Å²) in [6.07, 6.45) is 0. The Morgan fingerprint density at radius 1 is 0.808 bits per heavy atom. The second kappa shape index (κ2) is 7.93. The molecular weight excluding hydrogens is 340 g/mol. The van der Waals surface area contributed by atoms with Crippen LogP contribution in [0.15, 0.2) is 72.8 Å². The molecule has 0 amide bonds. The number of benzene rings is 3. The summed E-state index contributed by atoms with van der Waals surface area (Å²) in [7, 11) is 0. The third-order valence-electron chi connectivity index (χ3n) is 3.94. The average molecular weight is 360 g/mol. The van der Waals surface area contributed by atoms with E-state index in [0.29, 0.717) is 21.9 Å². The van der Waals surface area contributed by atoms with E-state index < -0.39 is 0 Å². The van der Waals surface area contributed by atoms with Crippen LogP contribution in [0.2, 0.25) is 0 Å². The van der Waals surface area contributed by atoms with Crippen molar-refractivity contribution in [3.63, 3.8) is 0 Å². The SMILES string of the molecule is Cc1cc(C)cc(NC(=S)Nc2ccccc2C(=O)c2ccccc2)c1. The molecule has 0 saturated carbocycles. The lowest BCUT2D eigenvalue weighted by molar-refractivity contribution is 0.103. The summed E-state index contributed by atoms with van der Waals surface area (Å²) in [4.78, 5) is 12.8. The number of aryl methyl sites for hydroxylation is 2. The normalized spacial score (nSPS) is 10.2. The van der Waals surface area contributed by atoms with Gasteiger partial charge in [-0.05, 0) is 61.5 Å². The summed E-state index contributed by atoms with van der Waals surface area (Å²) in [5.74, 6) is -0.0390. The van der Waals surface area contributed by atoms with E-state index in [1.165, 1.54) is 0 Å². The highest BCUT2D eigenvalue weighted by Crippen LogP contribution is 2.20. The van der Waals surface area contributed by atoms with Crippen molar-refractivity contribution in [1.82, 2.24) is 0 Å². The smallest absolute Gasteiger partial charge is 0.195 e. The monoisotopic (exact) mass is 360 g/mol. The summed E-state index contributed by atoms with van der Waals surface area (Å²) in [5.41, 5.74) is 5.17. The van der Waals surface area contributed by atoms with Crippen LogP contribution in [0.4, 0.5) is 11.4 Å². The molecule has 4 heteroatoms. The fraction of sp³-hybridized carbons (Fsp3) is 0.0909. The van der Waals surface area contributed by atoms with E-state index in [0.717, 1.165) is 16.8 Å². The molecule has 0 fully saturated rings. The maximum absolute atomic E-state index is 12.8. The van der Waals surface area contributed by atoms with E-state index in [-0.39, 0.29) is 5.78 Å². The predicted molar refractivity (Wildman–Crippen MR) is 112 cm³/mol. The Morgan fingerprint density at radius 2 is 1.42 bits per heavy atom. The predicted octanol–water partition coefficient (Wildman–Crippen LogP) is 5.34. The molecule has 0 aromatic heterocycles. The van der Waals surface area contributed by atoms with Crippen molar-refractivity contribution in [3.05, 3.63) is 95.1 Å². The molecule has 3 nitrogen and oxygen atoms in total. The summed E-state index contributed by atoms with van der Waals surface area (Å²) in [6, 6.07) is 22.8. The first-order valence-corrected chi connectivity index (χ1v) is 8.79. The largest absolute Gasteiger partial charge is 0.332 e. The zero-order chi connectivity index (χ0) is 18.5. The zero-order valence-electron chi connectivity index (χ0n) is 14.7. The molecule has 0 unspecified atom stereocenters. The standard InChI is InChI=1S/C22H20N2OS/c1-15-12-16(2)14-18(13-15)23-22(26)24-20-11-7-6-10-19(20)21(25)17-8-4-3-5-9-17/h3-14H,1-2H3,(H2,23,24,26). The minimum absolute atomic E-state index is 0.0390. The molecule has 130 valence electrons. The summed E-state index contributed by atoms with van der Waals surface area (Å²) < 4.78 is 0. The number of ketones is 1. The van der Waals surface area contributed by atoms with Crippen LogP contribution in [0.25, 0.3) is 0 Å². The van der Waals surface area contributed by atoms with E-state index in [1.54, 1.807) is 6.07 Å². The van der Waals surface area contributed by atoms with E-state index in [2.05, 4.69) is 16.7 Å².